The van der Waals surface area contributed by atoms with E-state index in [-0.39, 0.29) is 12.5 Å². The van der Waals surface area contributed by atoms with E-state index in [1.165, 1.54) is 12.5 Å². The number of H-pyrrole nitrogens is 1. The summed E-state index contributed by atoms with van der Waals surface area (Å²) in [6.07, 6.45) is 3.12. The fraction of sp³-hybridized carbons (Fsp3) is 0.583. The molecule has 4 N–H and O–H groups in total. The molecule has 8 heteroatoms. The molecule has 1 unspecified atom stereocenters. The first kappa shape index (κ1) is 16.0. The number of nitrogens with one attached hydrogen (secondary N) is 3. The molecule has 1 rings (SSSR count). The third-order valence-corrected chi connectivity index (χ3v) is 2.53. The van der Waals surface area contributed by atoms with Crippen molar-refractivity contribution in [3.63, 3.8) is 0 Å². The van der Waals surface area contributed by atoms with Crippen LogP contribution in [-0.4, -0.2) is 52.4 Å². The Hall–Kier alpha value is -2.09. The maximum absolute atomic E-state index is 11.7. The number of carbonyl (C=O) groups is 2. The average Bonchev–Trinajstić information content (AvgIpc) is 2.88. The number of aromatic nitrogens is 2. The summed E-state index contributed by atoms with van der Waals surface area (Å²) in [5.74, 6) is -1.10. The fourth-order valence-corrected chi connectivity index (χ4v) is 1.58. The van der Waals surface area contributed by atoms with E-state index in [9.17, 15) is 9.59 Å². The molecule has 0 aliphatic carbocycles. The molecule has 2 atom stereocenters. The van der Waals surface area contributed by atoms with Crippen LogP contribution in [0.25, 0.3) is 0 Å². The third kappa shape index (κ3) is 5.70. The number of imidazole rings is 1. The number of rotatable bonds is 8. The Labute approximate surface area is 116 Å². The lowest BCUT2D eigenvalue weighted by Gasteiger charge is -2.18. The van der Waals surface area contributed by atoms with E-state index in [0.29, 0.717) is 18.9 Å². The number of hydrogen-bond acceptors (Lipinski definition) is 4. The summed E-state index contributed by atoms with van der Waals surface area (Å²) in [4.78, 5) is 29.4. The van der Waals surface area contributed by atoms with Crippen LogP contribution in [0.15, 0.2) is 12.5 Å². The number of aromatic amines is 1. The van der Waals surface area contributed by atoms with Crippen molar-refractivity contribution in [1.82, 2.24) is 20.6 Å². The maximum atomic E-state index is 11.7. The Bertz CT molecular complexity index is 421. The van der Waals surface area contributed by atoms with Crippen molar-refractivity contribution in [2.45, 2.75) is 32.4 Å². The lowest BCUT2D eigenvalue weighted by Crippen LogP contribution is -2.50. The van der Waals surface area contributed by atoms with Crippen molar-refractivity contribution < 1.29 is 19.4 Å². The third-order valence-electron chi connectivity index (χ3n) is 2.53. The molecule has 112 valence electrons. The Kier molecular flexibility index (Phi) is 6.51. The van der Waals surface area contributed by atoms with Crippen molar-refractivity contribution in [2.75, 3.05) is 13.2 Å². The molecule has 20 heavy (non-hydrogen) atoms. The van der Waals surface area contributed by atoms with Gasteiger partial charge in [0.05, 0.1) is 19.0 Å². The van der Waals surface area contributed by atoms with Gasteiger partial charge in [0.2, 0.25) is 0 Å². The van der Waals surface area contributed by atoms with Gasteiger partial charge in [-0.1, -0.05) is 0 Å². The van der Waals surface area contributed by atoms with Gasteiger partial charge < -0.3 is 25.5 Å². The number of nitrogens with zero attached hydrogens (tertiary/aromatic N) is 1. The molecule has 0 aliphatic rings. The first-order valence-corrected chi connectivity index (χ1v) is 6.37. The number of aliphatic carboxylic acids is 1. The Morgan fingerprint density at radius 3 is 2.80 bits per heavy atom. The molecule has 0 saturated heterocycles. The highest BCUT2D eigenvalue weighted by atomic mass is 16.5. The standard InChI is InChI=1S/C12H20N4O4/c1-3-20-6-8(2)15-12(19)16-10(11(17)18)4-9-5-13-7-14-9/h5,7-8,10H,3-4,6H2,1-2H3,(H,13,14)(H,17,18)(H2,15,16,19)/t8?,10-/m0/s1. The summed E-state index contributed by atoms with van der Waals surface area (Å²) < 4.78 is 5.16. The van der Waals surface area contributed by atoms with E-state index < -0.39 is 18.0 Å². The monoisotopic (exact) mass is 284 g/mol. The molecule has 2 amide bonds. The summed E-state index contributed by atoms with van der Waals surface area (Å²) in [6.45, 7) is 4.57. The molecule has 0 radical (unpaired) electrons. The number of hydrogen-bond donors (Lipinski definition) is 4. The van der Waals surface area contributed by atoms with Gasteiger partial charge >= 0.3 is 12.0 Å². The van der Waals surface area contributed by atoms with Crippen LogP contribution in [0.3, 0.4) is 0 Å². The van der Waals surface area contributed by atoms with Crippen LogP contribution >= 0.6 is 0 Å². The first-order chi connectivity index (χ1) is 9.52. The van der Waals surface area contributed by atoms with Gasteiger partial charge in [0, 0.05) is 24.9 Å². The van der Waals surface area contributed by atoms with E-state index in [1.807, 2.05) is 6.92 Å². The van der Waals surface area contributed by atoms with Gasteiger partial charge in [0.25, 0.3) is 0 Å². The first-order valence-electron chi connectivity index (χ1n) is 6.37. The number of urea groups is 1. The normalized spacial score (nSPS) is 13.5. The zero-order chi connectivity index (χ0) is 15.0. The van der Waals surface area contributed by atoms with E-state index in [4.69, 9.17) is 9.84 Å². The van der Waals surface area contributed by atoms with E-state index in [2.05, 4.69) is 20.6 Å². The van der Waals surface area contributed by atoms with Gasteiger partial charge in [0.1, 0.15) is 6.04 Å². The molecule has 0 aliphatic heterocycles. The van der Waals surface area contributed by atoms with Gasteiger partial charge in [-0.15, -0.1) is 0 Å². The molecule has 8 nitrogen and oxygen atoms in total. The summed E-state index contributed by atoms with van der Waals surface area (Å²) in [6, 6.07) is -1.75. The maximum Gasteiger partial charge on any atom is 0.326 e. The van der Waals surface area contributed by atoms with E-state index in [1.54, 1.807) is 6.92 Å². The average molecular weight is 284 g/mol. The predicted molar refractivity (Wildman–Crippen MR) is 71.3 cm³/mol. The van der Waals surface area contributed by atoms with Crippen LogP contribution in [0.1, 0.15) is 19.5 Å². The highest BCUT2D eigenvalue weighted by Gasteiger charge is 2.21. The minimum absolute atomic E-state index is 0.141. The van der Waals surface area contributed by atoms with Gasteiger partial charge in [-0.3, -0.25) is 0 Å². The highest BCUT2D eigenvalue weighted by molar-refractivity contribution is 5.82. The summed E-state index contributed by atoms with van der Waals surface area (Å²) in [5.41, 5.74) is 0.639. The number of carboxylic acid groups (broad SMARTS) is 1. The molecular formula is C12H20N4O4. The lowest BCUT2D eigenvalue weighted by molar-refractivity contribution is -0.139. The molecule has 0 saturated carbocycles. The van der Waals surface area contributed by atoms with Crippen LogP contribution in [0.4, 0.5) is 4.79 Å². The summed E-state index contributed by atoms with van der Waals surface area (Å²) >= 11 is 0. The second-order valence-corrected chi connectivity index (χ2v) is 4.35. The minimum atomic E-state index is -1.10. The van der Waals surface area contributed by atoms with E-state index in [0.717, 1.165) is 0 Å². The van der Waals surface area contributed by atoms with Gasteiger partial charge in [0.15, 0.2) is 0 Å². The highest BCUT2D eigenvalue weighted by Crippen LogP contribution is 1.99. The molecule has 1 aromatic heterocycles. The molecule has 0 fully saturated rings. The smallest absolute Gasteiger partial charge is 0.326 e. The van der Waals surface area contributed by atoms with Crippen molar-refractivity contribution in [2.24, 2.45) is 0 Å². The molecule has 0 spiro atoms. The SMILES string of the molecule is CCOCC(C)NC(=O)N[C@@H](Cc1cnc[nH]1)C(=O)O. The van der Waals surface area contributed by atoms with E-state index >= 15 is 0 Å². The van der Waals surface area contributed by atoms with Crippen LogP contribution < -0.4 is 10.6 Å². The van der Waals surface area contributed by atoms with Crippen molar-refractivity contribution in [3.8, 4) is 0 Å². The zero-order valence-corrected chi connectivity index (χ0v) is 11.5. The largest absolute Gasteiger partial charge is 0.480 e. The van der Waals surface area contributed by atoms with Gasteiger partial charge in [-0.2, -0.15) is 0 Å². The van der Waals surface area contributed by atoms with Gasteiger partial charge in [-0.05, 0) is 13.8 Å². The quantitative estimate of drug-likeness (QED) is 0.541. The van der Waals surface area contributed by atoms with Crippen LogP contribution in [0.5, 0.6) is 0 Å². The van der Waals surface area contributed by atoms with Crippen molar-refractivity contribution >= 4 is 12.0 Å². The van der Waals surface area contributed by atoms with Gasteiger partial charge in [-0.25, -0.2) is 14.6 Å². The van der Waals surface area contributed by atoms with Crippen LogP contribution in [0, 0.1) is 0 Å². The number of carboxylic acids is 1. The molecule has 1 heterocycles. The molecule has 1 aromatic rings. The number of ether oxygens (including phenoxy) is 1. The topological polar surface area (TPSA) is 116 Å². The molecular weight excluding hydrogens is 264 g/mol. The second kappa shape index (κ2) is 8.16. The lowest BCUT2D eigenvalue weighted by atomic mass is 10.1. The molecule has 0 aromatic carbocycles. The Morgan fingerprint density at radius 1 is 1.50 bits per heavy atom. The Balaban J connectivity index is 2.45. The van der Waals surface area contributed by atoms with Crippen LogP contribution in [-0.2, 0) is 16.0 Å². The summed E-state index contributed by atoms with van der Waals surface area (Å²) in [5, 5.41) is 14.1. The number of carbonyl (C=O) groups excluding carboxylic acids is 1. The molecule has 0 bridgehead atoms. The zero-order valence-electron chi connectivity index (χ0n) is 11.5. The van der Waals surface area contributed by atoms with Crippen molar-refractivity contribution in [1.29, 1.82) is 0 Å². The number of amides is 2. The minimum Gasteiger partial charge on any atom is -0.480 e. The summed E-state index contributed by atoms with van der Waals surface area (Å²) in [7, 11) is 0. The fourth-order valence-electron chi connectivity index (χ4n) is 1.58. The predicted octanol–water partition coefficient (Wildman–Crippen LogP) is 0.130. The Morgan fingerprint density at radius 2 is 2.25 bits per heavy atom. The van der Waals surface area contributed by atoms with Crippen molar-refractivity contribution in [3.05, 3.63) is 18.2 Å². The van der Waals surface area contributed by atoms with Crippen LogP contribution in [0.2, 0.25) is 0 Å². The second-order valence-electron chi connectivity index (χ2n) is 4.35.